The number of hydrogen-bond donors (Lipinski definition) is 1. The topological polar surface area (TPSA) is 72.8 Å². The Morgan fingerprint density at radius 1 is 0.857 bits per heavy atom. The van der Waals surface area contributed by atoms with Gasteiger partial charge in [-0.1, -0.05) is 110 Å². The number of carbonyl (C=O) groups excluding carboxylic acids is 2. The van der Waals surface area contributed by atoms with E-state index in [-0.39, 0.29) is 36.6 Å². The molecule has 0 aromatic carbocycles. The summed E-state index contributed by atoms with van der Waals surface area (Å²) >= 11 is 0. The molecule has 0 saturated carbocycles. The number of aliphatic hydroxyl groups excluding tert-OH is 1. The molecule has 0 aromatic rings. The Hall–Kier alpha value is -1.10. The Morgan fingerprint density at radius 3 is 1.97 bits per heavy atom. The monoisotopic (exact) mass is 496 g/mol. The van der Waals surface area contributed by atoms with Crippen LogP contribution in [-0.4, -0.2) is 36.4 Å². The maximum atomic E-state index is 12.8. The Bertz CT molecular complexity index is 507. The minimum Gasteiger partial charge on any atom is -0.468 e. The van der Waals surface area contributed by atoms with E-state index in [1.807, 2.05) is 0 Å². The zero-order valence-corrected chi connectivity index (χ0v) is 23.0. The highest BCUT2D eigenvalue weighted by atomic mass is 16.5. The molecule has 1 rings (SSSR count). The van der Waals surface area contributed by atoms with E-state index in [9.17, 15) is 14.7 Å². The van der Waals surface area contributed by atoms with Crippen LogP contribution in [0.4, 0.5) is 0 Å². The first kappa shape index (κ1) is 31.9. The fourth-order valence-corrected chi connectivity index (χ4v) is 5.52. The van der Waals surface area contributed by atoms with Gasteiger partial charge >= 0.3 is 5.97 Å². The average molecular weight is 497 g/mol. The lowest BCUT2D eigenvalue weighted by Crippen LogP contribution is -2.40. The molecular formula is C30H56O5. The van der Waals surface area contributed by atoms with Gasteiger partial charge in [0.25, 0.3) is 6.47 Å². The molecule has 1 aliphatic heterocycles. The Labute approximate surface area is 216 Å². The highest BCUT2D eigenvalue weighted by Gasteiger charge is 2.38. The highest BCUT2D eigenvalue weighted by molar-refractivity contribution is 5.73. The molecule has 1 fully saturated rings. The minimum atomic E-state index is -0.371. The van der Waals surface area contributed by atoms with E-state index in [4.69, 9.17) is 9.47 Å². The summed E-state index contributed by atoms with van der Waals surface area (Å²) in [7, 11) is 0. The first-order chi connectivity index (χ1) is 17.1. The summed E-state index contributed by atoms with van der Waals surface area (Å²) in [6.45, 7) is 5.15. The second-order valence-electron chi connectivity index (χ2n) is 10.8. The summed E-state index contributed by atoms with van der Waals surface area (Å²) in [5.74, 6) is -0.341. The van der Waals surface area contributed by atoms with Gasteiger partial charge in [0.15, 0.2) is 0 Å². The Balaban J connectivity index is 2.38. The fourth-order valence-electron chi connectivity index (χ4n) is 5.52. The predicted molar refractivity (Wildman–Crippen MR) is 143 cm³/mol. The van der Waals surface area contributed by atoms with Crippen LogP contribution in [0.15, 0.2) is 0 Å². The zero-order chi connectivity index (χ0) is 25.6. The van der Waals surface area contributed by atoms with Gasteiger partial charge in [-0.2, -0.15) is 0 Å². The van der Waals surface area contributed by atoms with Gasteiger partial charge in [-0.25, -0.2) is 0 Å². The first-order valence-electron chi connectivity index (χ1n) is 15.1. The van der Waals surface area contributed by atoms with Crippen LogP contribution in [0.1, 0.15) is 149 Å². The largest absolute Gasteiger partial charge is 0.468 e. The molecule has 0 bridgehead atoms. The number of cyclic esters (lactones) is 1. The molecule has 1 N–H and O–H groups in total. The third kappa shape index (κ3) is 16.3. The summed E-state index contributed by atoms with van der Waals surface area (Å²) in [6.07, 6.45) is 23.5. The lowest BCUT2D eigenvalue weighted by molar-refractivity contribution is -0.168. The van der Waals surface area contributed by atoms with Crippen molar-refractivity contribution in [1.29, 1.82) is 0 Å². The van der Waals surface area contributed by atoms with E-state index in [1.165, 1.54) is 89.9 Å². The number of unbranched alkanes of at least 4 members (excludes halogenated alkanes) is 14. The Kier molecular flexibility index (Phi) is 20.2. The third-order valence-electron chi connectivity index (χ3n) is 7.68. The van der Waals surface area contributed by atoms with Crippen molar-refractivity contribution in [1.82, 2.24) is 0 Å². The lowest BCUT2D eigenvalue weighted by Gasteiger charge is -2.36. The standard InChI is InChI=1S/C30H56O5/c1-3-5-7-9-11-13-15-17-19-27(32)23-26-24-28(20-18-16-14-12-10-8-6-4-2)35-30(33)29(26)21-22-34-25-31/h25-29,32H,3-24H2,1-2H3. The second kappa shape index (κ2) is 22.1. The number of ether oxygens (including phenoxy) is 2. The number of aliphatic hydroxyl groups is 1. The van der Waals surface area contributed by atoms with Gasteiger partial charge in [-0.05, 0) is 44.4 Å². The minimum absolute atomic E-state index is 0.0360. The van der Waals surface area contributed by atoms with E-state index >= 15 is 0 Å². The summed E-state index contributed by atoms with van der Waals surface area (Å²) in [5.41, 5.74) is 0. The molecule has 4 atom stereocenters. The van der Waals surface area contributed by atoms with Gasteiger partial charge in [-0.3, -0.25) is 9.59 Å². The van der Waals surface area contributed by atoms with Gasteiger partial charge in [0.1, 0.15) is 6.10 Å². The van der Waals surface area contributed by atoms with Gasteiger partial charge < -0.3 is 14.6 Å². The van der Waals surface area contributed by atoms with Crippen molar-refractivity contribution in [3.8, 4) is 0 Å². The molecule has 0 aromatic heterocycles. The molecule has 5 nitrogen and oxygen atoms in total. The van der Waals surface area contributed by atoms with Gasteiger partial charge in [-0.15, -0.1) is 0 Å². The summed E-state index contributed by atoms with van der Waals surface area (Å²) < 4.78 is 10.7. The van der Waals surface area contributed by atoms with Crippen LogP contribution < -0.4 is 0 Å². The second-order valence-corrected chi connectivity index (χ2v) is 10.8. The van der Waals surface area contributed by atoms with Crippen LogP contribution in [0.2, 0.25) is 0 Å². The zero-order valence-electron chi connectivity index (χ0n) is 23.0. The quantitative estimate of drug-likeness (QED) is 0.0835. The summed E-state index contributed by atoms with van der Waals surface area (Å²) in [4.78, 5) is 23.3. The van der Waals surface area contributed by atoms with Crippen LogP contribution in [-0.2, 0) is 19.1 Å². The SMILES string of the molecule is CCCCCCCCCCC(O)CC1CC(CCCCCCCCCC)OC(=O)C1CCOC=O. The van der Waals surface area contributed by atoms with Crippen molar-refractivity contribution in [3.63, 3.8) is 0 Å². The molecule has 1 heterocycles. The summed E-state index contributed by atoms with van der Waals surface area (Å²) in [6, 6.07) is 0. The number of rotatable bonds is 24. The lowest BCUT2D eigenvalue weighted by atomic mass is 9.78. The van der Waals surface area contributed by atoms with Gasteiger partial charge in [0.2, 0.25) is 0 Å². The molecule has 35 heavy (non-hydrogen) atoms. The smallest absolute Gasteiger partial charge is 0.309 e. The van der Waals surface area contributed by atoms with Crippen molar-refractivity contribution >= 4 is 12.4 Å². The Morgan fingerprint density at radius 2 is 1.40 bits per heavy atom. The molecule has 206 valence electrons. The van der Waals surface area contributed by atoms with E-state index in [2.05, 4.69) is 13.8 Å². The van der Waals surface area contributed by atoms with Crippen LogP contribution in [0.3, 0.4) is 0 Å². The van der Waals surface area contributed by atoms with Crippen molar-refractivity contribution in [2.45, 2.75) is 161 Å². The van der Waals surface area contributed by atoms with E-state index in [0.717, 1.165) is 32.1 Å². The van der Waals surface area contributed by atoms with Crippen molar-refractivity contribution < 1.29 is 24.2 Å². The van der Waals surface area contributed by atoms with Crippen LogP contribution in [0.25, 0.3) is 0 Å². The van der Waals surface area contributed by atoms with Crippen molar-refractivity contribution in [2.24, 2.45) is 11.8 Å². The molecular weight excluding hydrogens is 440 g/mol. The molecule has 0 radical (unpaired) electrons. The maximum absolute atomic E-state index is 12.8. The number of carbonyl (C=O) groups is 2. The average Bonchev–Trinajstić information content (AvgIpc) is 2.84. The molecule has 0 spiro atoms. The maximum Gasteiger partial charge on any atom is 0.309 e. The highest BCUT2D eigenvalue weighted by Crippen LogP contribution is 2.35. The van der Waals surface area contributed by atoms with E-state index < -0.39 is 0 Å². The third-order valence-corrected chi connectivity index (χ3v) is 7.68. The van der Waals surface area contributed by atoms with Crippen LogP contribution >= 0.6 is 0 Å². The van der Waals surface area contributed by atoms with Crippen molar-refractivity contribution in [3.05, 3.63) is 0 Å². The number of esters is 1. The summed E-state index contributed by atoms with van der Waals surface area (Å²) in [5, 5.41) is 10.7. The fraction of sp³-hybridized carbons (Fsp3) is 0.933. The molecule has 1 saturated heterocycles. The predicted octanol–water partition coefficient (Wildman–Crippen LogP) is 7.91. The van der Waals surface area contributed by atoms with Gasteiger partial charge in [0.05, 0.1) is 18.6 Å². The molecule has 4 unspecified atom stereocenters. The number of hydrogen-bond acceptors (Lipinski definition) is 5. The van der Waals surface area contributed by atoms with E-state index in [0.29, 0.717) is 19.3 Å². The molecule has 0 amide bonds. The van der Waals surface area contributed by atoms with Crippen molar-refractivity contribution in [2.75, 3.05) is 6.61 Å². The first-order valence-corrected chi connectivity index (χ1v) is 15.1. The molecule has 1 aliphatic rings. The van der Waals surface area contributed by atoms with Crippen LogP contribution in [0, 0.1) is 11.8 Å². The van der Waals surface area contributed by atoms with E-state index in [1.54, 1.807) is 0 Å². The molecule has 0 aliphatic carbocycles. The van der Waals surface area contributed by atoms with Crippen LogP contribution in [0.5, 0.6) is 0 Å². The normalized spacial score (nSPS) is 21.0. The van der Waals surface area contributed by atoms with Gasteiger partial charge in [0, 0.05) is 0 Å². The molecule has 5 heteroatoms.